The fraction of sp³-hybridized carbons (Fsp3) is 0. The lowest BCUT2D eigenvalue weighted by Crippen LogP contribution is -1.89. The number of rotatable bonds is 6. The summed E-state index contributed by atoms with van der Waals surface area (Å²) in [5.41, 5.74) is 5.18. The number of nitrogens with zero attached hydrogens (tertiary/aromatic N) is 2. The van der Waals surface area contributed by atoms with E-state index < -0.39 is 0 Å². The highest BCUT2D eigenvalue weighted by Gasteiger charge is 1.99. The van der Waals surface area contributed by atoms with Gasteiger partial charge in [-0.2, -0.15) is 0 Å². The van der Waals surface area contributed by atoms with Gasteiger partial charge in [-0.15, -0.1) is 0 Å². The smallest absolute Gasteiger partial charge is 0.115 e. The Balaban J connectivity index is 1.64. The van der Waals surface area contributed by atoms with Crippen molar-refractivity contribution in [1.29, 1.82) is 0 Å². The van der Waals surface area contributed by atoms with Gasteiger partial charge in [-0.1, -0.05) is 24.3 Å². The Morgan fingerprint density at radius 1 is 0.424 bits per heavy atom. The van der Waals surface area contributed by atoms with Gasteiger partial charge in [0.1, 0.15) is 17.2 Å². The monoisotopic (exact) mass is 434 g/mol. The molecular weight excluding hydrogens is 412 g/mol. The number of aliphatic imine (C=N–C) groups is 2. The van der Waals surface area contributed by atoms with E-state index in [0.717, 1.165) is 33.6 Å². The first kappa shape index (κ1) is 21.6. The lowest BCUT2D eigenvalue weighted by atomic mass is 10.0. The molecule has 0 heterocycles. The SMILES string of the molecule is Oc1ccc(/C=C/c2cc(/C=N/c3ccc(O)cc3)cc(/C=N/c3ccc(O)cc3)c2)cc1. The standard InChI is InChI=1S/C28H22N2O3/c31-26-9-3-20(4-10-26)1-2-21-15-22(18-29-24-5-11-27(32)12-6-24)17-23(16-21)19-30-25-7-13-28(33)14-8-25/h1-19,31-33H/b2-1+,29-18+,30-19+. The van der Waals surface area contributed by atoms with Crippen molar-refractivity contribution in [3.05, 3.63) is 113 Å². The molecule has 4 aromatic carbocycles. The number of hydrogen-bond acceptors (Lipinski definition) is 5. The van der Waals surface area contributed by atoms with Crippen LogP contribution in [0, 0.1) is 0 Å². The van der Waals surface area contributed by atoms with Crippen LogP contribution in [0.25, 0.3) is 12.2 Å². The summed E-state index contributed by atoms with van der Waals surface area (Å²) in [6.45, 7) is 0. The quantitative estimate of drug-likeness (QED) is 0.240. The van der Waals surface area contributed by atoms with E-state index in [1.165, 1.54) is 0 Å². The van der Waals surface area contributed by atoms with Gasteiger partial charge in [0.05, 0.1) is 11.4 Å². The van der Waals surface area contributed by atoms with Gasteiger partial charge in [-0.3, -0.25) is 9.98 Å². The van der Waals surface area contributed by atoms with E-state index in [2.05, 4.69) is 9.98 Å². The van der Waals surface area contributed by atoms with Crippen molar-refractivity contribution in [3.8, 4) is 17.2 Å². The molecule has 162 valence electrons. The molecule has 4 aromatic rings. The lowest BCUT2D eigenvalue weighted by molar-refractivity contribution is 0.475. The lowest BCUT2D eigenvalue weighted by Gasteiger charge is -2.03. The van der Waals surface area contributed by atoms with Crippen molar-refractivity contribution < 1.29 is 15.3 Å². The van der Waals surface area contributed by atoms with Crippen molar-refractivity contribution in [2.24, 2.45) is 9.98 Å². The first-order valence-electron chi connectivity index (χ1n) is 10.3. The summed E-state index contributed by atoms with van der Waals surface area (Å²) in [6, 6.07) is 26.3. The van der Waals surface area contributed by atoms with Crippen LogP contribution in [0.15, 0.2) is 101 Å². The minimum atomic E-state index is 0.197. The van der Waals surface area contributed by atoms with Crippen molar-refractivity contribution >= 4 is 36.0 Å². The van der Waals surface area contributed by atoms with E-state index in [1.807, 2.05) is 42.5 Å². The zero-order chi connectivity index (χ0) is 23.0. The maximum atomic E-state index is 9.47. The molecule has 0 amide bonds. The van der Waals surface area contributed by atoms with Crippen LogP contribution in [-0.2, 0) is 0 Å². The fourth-order valence-corrected chi connectivity index (χ4v) is 3.10. The van der Waals surface area contributed by atoms with E-state index in [9.17, 15) is 15.3 Å². The van der Waals surface area contributed by atoms with Crippen LogP contribution < -0.4 is 0 Å². The second-order valence-electron chi connectivity index (χ2n) is 7.41. The second-order valence-corrected chi connectivity index (χ2v) is 7.41. The molecule has 3 N–H and O–H groups in total. The molecule has 0 unspecified atom stereocenters. The highest BCUT2D eigenvalue weighted by Crippen LogP contribution is 2.20. The summed E-state index contributed by atoms with van der Waals surface area (Å²) >= 11 is 0. The van der Waals surface area contributed by atoms with Gasteiger partial charge in [-0.25, -0.2) is 0 Å². The average molecular weight is 434 g/mol. The molecule has 0 fully saturated rings. The maximum absolute atomic E-state index is 9.47. The van der Waals surface area contributed by atoms with E-state index >= 15 is 0 Å². The molecule has 5 heteroatoms. The molecule has 0 spiro atoms. The fourth-order valence-electron chi connectivity index (χ4n) is 3.10. The molecule has 0 aliphatic rings. The summed E-state index contributed by atoms with van der Waals surface area (Å²) in [5, 5.41) is 28.4. The predicted molar refractivity (Wildman–Crippen MR) is 134 cm³/mol. The molecule has 0 saturated carbocycles. The van der Waals surface area contributed by atoms with Gasteiger partial charge in [-0.05, 0) is 101 Å². The summed E-state index contributed by atoms with van der Waals surface area (Å²) in [4.78, 5) is 8.99. The van der Waals surface area contributed by atoms with Crippen LogP contribution in [0.5, 0.6) is 17.2 Å². The molecule has 5 nitrogen and oxygen atoms in total. The Morgan fingerprint density at radius 3 is 1.24 bits per heavy atom. The zero-order valence-electron chi connectivity index (χ0n) is 17.7. The Labute approximate surface area is 192 Å². The second kappa shape index (κ2) is 10.1. The summed E-state index contributed by atoms with van der Waals surface area (Å²) in [7, 11) is 0. The minimum absolute atomic E-state index is 0.197. The van der Waals surface area contributed by atoms with Gasteiger partial charge in [0.2, 0.25) is 0 Å². The van der Waals surface area contributed by atoms with E-state index in [-0.39, 0.29) is 17.2 Å². The summed E-state index contributed by atoms with van der Waals surface area (Å²) in [5.74, 6) is 0.624. The normalized spacial score (nSPS) is 11.6. The zero-order valence-corrected chi connectivity index (χ0v) is 17.7. The Hall–Kier alpha value is -4.64. The Bertz CT molecular complexity index is 1130. The van der Waals surface area contributed by atoms with E-state index in [1.54, 1.807) is 73.1 Å². The topological polar surface area (TPSA) is 85.4 Å². The largest absolute Gasteiger partial charge is 0.508 e. The summed E-state index contributed by atoms with van der Waals surface area (Å²) < 4.78 is 0. The van der Waals surface area contributed by atoms with Gasteiger partial charge in [0.25, 0.3) is 0 Å². The van der Waals surface area contributed by atoms with Crippen molar-refractivity contribution in [1.82, 2.24) is 0 Å². The highest BCUT2D eigenvalue weighted by atomic mass is 16.3. The van der Waals surface area contributed by atoms with Crippen LogP contribution in [0.3, 0.4) is 0 Å². The molecule has 4 rings (SSSR count). The van der Waals surface area contributed by atoms with Crippen LogP contribution in [0.4, 0.5) is 11.4 Å². The maximum Gasteiger partial charge on any atom is 0.115 e. The third-order valence-corrected chi connectivity index (χ3v) is 4.79. The third-order valence-electron chi connectivity index (χ3n) is 4.79. The van der Waals surface area contributed by atoms with Crippen molar-refractivity contribution in [2.45, 2.75) is 0 Å². The van der Waals surface area contributed by atoms with Gasteiger partial charge in [0, 0.05) is 12.4 Å². The number of benzene rings is 4. The third kappa shape index (κ3) is 6.42. The molecule has 0 aromatic heterocycles. The van der Waals surface area contributed by atoms with E-state index in [0.29, 0.717) is 0 Å². The first-order chi connectivity index (χ1) is 16.0. The number of phenolic OH excluding ortho intramolecular Hbond substituents is 3. The minimum Gasteiger partial charge on any atom is -0.508 e. The molecule has 0 aliphatic carbocycles. The Kier molecular flexibility index (Phi) is 6.61. The van der Waals surface area contributed by atoms with Gasteiger partial charge < -0.3 is 15.3 Å². The molecular formula is C28H22N2O3. The van der Waals surface area contributed by atoms with E-state index in [4.69, 9.17) is 0 Å². The number of hydrogen-bond donors (Lipinski definition) is 3. The van der Waals surface area contributed by atoms with Crippen LogP contribution >= 0.6 is 0 Å². The molecule has 0 bridgehead atoms. The van der Waals surface area contributed by atoms with Crippen LogP contribution in [0.2, 0.25) is 0 Å². The first-order valence-corrected chi connectivity index (χ1v) is 10.3. The summed E-state index contributed by atoms with van der Waals surface area (Å²) in [6.07, 6.45) is 7.49. The van der Waals surface area contributed by atoms with Gasteiger partial charge >= 0.3 is 0 Å². The Morgan fingerprint density at radius 2 is 0.788 bits per heavy atom. The number of aromatic hydroxyl groups is 3. The highest BCUT2D eigenvalue weighted by molar-refractivity contribution is 5.90. The predicted octanol–water partition coefficient (Wildman–Crippen LogP) is 6.48. The van der Waals surface area contributed by atoms with Crippen LogP contribution in [-0.4, -0.2) is 27.7 Å². The van der Waals surface area contributed by atoms with Gasteiger partial charge in [0.15, 0.2) is 0 Å². The number of phenols is 3. The molecule has 0 aliphatic heterocycles. The van der Waals surface area contributed by atoms with Crippen molar-refractivity contribution in [3.63, 3.8) is 0 Å². The molecule has 0 atom stereocenters. The molecule has 0 radical (unpaired) electrons. The molecule has 0 saturated heterocycles. The van der Waals surface area contributed by atoms with Crippen LogP contribution in [0.1, 0.15) is 22.3 Å². The van der Waals surface area contributed by atoms with Crippen molar-refractivity contribution in [2.75, 3.05) is 0 Å². The average Bonchev–Trinajstić information content (AvgIpc) is 2.83. The molecule has 33 heavy (non-hydrogen) atoms.